The molecule has 0 radical (unpaired) electrons. The smallest absolute Gasteiger partial charge is 0.329 e. The van der Waals surface area contributed by atoms with Gasteiger partial charge >= 0.3 is 12.1 Å². The average Bonchev–Trinajstić information content (AvgIpc) is 2.37. The van der Waals surface area contributed by atoms with E-state index in [0.29, 0.717) is 5.69 Å². The number of hydrogen-bond donors (Lipinski definition) is 1. The van der Waals surface area contributed by atoms with Crippen molar-refractivity contribution in [3.63, 3.8) is 0 Å². The van der Waals surface area contributed by atoms with Gasteiger partial charge in [-0.2, -0.15) is 0 Å². The van der Waals surface area contributed by atoms with Crippen LogP contribution in [0.25, 0.3) is 0 Å². The van der Waals surface area contributed by atoms with Gasteiger partial charge in [0.25, 0.3) is 0 Å². The van der Waals surface area contributed by atoms with Gasteiger partial charge in [0.1, 0.15) is 0 Å². The molecule has 104 valence electrons. The van der Waals surface area contributed by atoms with Gasteiger partial charge in [0.05, 0.1) is 0 Å². The van der Waals surface area contributed by atoms with E-state index in [9.17, 15) is 9.59 Å². The Kier molecular flexibility index (Phi) is 4.74. The van der Waals surface area contributed by atoms with Gasteiger partial charge < -0.3 is 15.1 Å². The number of carbonyl (C=O) groups is 2. The Hall–Kier alpha value is -2.24. The van der Waals surface area contributed by atoms with Gasteiger partial charge in [-0.25, -0.2) is 14.5 Å². The van der Waals surface area contributed by atoms with E-state index in [1.165, 1.54) is 11.9 Å². The van der Waals surface area contributed by atoms with Crippen LogP contribution >= 0.6 is 0 Å². The van der Waals surface area contributed by atoms with Crippen LogP contribution in [0.4, 0.5) is 21.0 Å². The van der Waals surface area contributed by atoms with Crippen molar-refractivity contribution in [1.82, 2.24) is 9.80 Å². The average molecular weight is 264 g/mol. The Morgan fingerprint density at radius 1 is 0.947 bits per heavy atom. The lowest BCUT2D eigenvalue weighted by molar-refractivity contribution is 0.182. The first-order valence-corrected chi connectivity index (χ1v) is 5.86. The monoisotopic (exact) mass is 264 g/mol. The van der Waals surface area contributed by atoms with Crippen LogP contribution in [0.3, 0.4) is 0 Å². The van der Waals surface area contributed by atoms with Crippen molar-refractivity contribution >= 4 is 23.4 Å². The Bertz CT molecular complexity index is 454. The highest BCUT2D eigenvalue weighted by Gasteiger charge is 2.18. The third-order valence-electron chi connectivity index (χ3n) is 2.61. The van der Waals surface area contributed by atoms with Crippen LogP contribution in [-0.4, -0.2) is 57.1 Å². The topological polar surface area (TPSA) is 55.9 Å². The molecule has 0 bridgehead atoms. The van der Waals surface area contributed by atoms with E-state index in [1.54, 1.807) is 26.2 Å². The molecule has 0 aliphatic heterocycles. The molecule has 0 aliphatic carbocycles. The molecule has 1 aromatic carbocycles. The molecule has 1 N–H and O–H groups in total. The van der Waals surface area contributed by atoms with Gasteiger partial charge in [0.15, 0.2) is 0 Å². The number of nitrogens with zero attached hydrogens (tertiary/aromatic N) is 3. The lowest BCUT2D eigenvalue weighted by Gasteiger charge is -2.20. The molecule has 0 aliphatic rings. The zero-order valence-electron chi connectivity index (χ0n) is 12.0. The highest BCUT2D eigenvalue weighted by atomic mass is 16.2. The van der Waals surface area contributed by atoms with E-state index >= 15 is 0 Å². The van der Waals surface area contributed by atoms with Gasteiger partial charge in [-0.15, -0.1) is 0 Å². The summed E-state index contributed by atoms with van der Waals surface area (Å²) in [6.45, 7) is 0. The minimum absolute atomic E-state index is 0.373. The summed E-state index contributed by atoms with van der Waals surface area (Å²) < 4.78 is 0. The van der Waals surface area contributed by atoms with Gasteiger partial charge in [0, 0.05) is 46.6 Å². The molecule has 0 atom stereocenters. The maximum atomic E-state index is 11.8. The Labute approximate surface area is 113 Å². The maximum absolute atomic E-state index is 11.8. The summed E-state index contributed by atoms with van der Waals surface area (Å²) in [5, 5.41) is 2.66. The van der Waals surface area contributed by atoms with Crippen LogP contribution in [0, 0.1) is 0 Å². The third-order valence-corrected chi connectivity index (χ3v) is 2.61. The second kappa shape index (κ2) is 6.08. The Balaban J connectivity index is 2.69. The first-order chi connectivity index (χ1) is 8.82. The van der Waals surface area contributed by atoms with Crippen LogP contribution in [0.1, 0.15) is 0 Å². The van der Waals surface area contributed by atoms with Crippen LogP contribution < -0.4 is 10.2 Å². The Morgan fingerprint density at radius 2 is 1.47 bits per heavy atom. The van der Waals surface area contributed by atoms with Crippen molar-refractivity contribution in [3.8, 4) is 0 Å². The van der Waals surface area contributed by atoms with E-state index in [0.717, 1.165) is 10.6 Å². The number of hydrogen-bond acceptors (Lipinski definition) is 3. The summed E-state index contributed by atoms with van der Waals surface area (Å²) in [5.74, 6) is 0. The van der Waals surface area contributed by atoms with Crippen molar-refractivity contribution in [2.24, 2.45) is 0 Å². The molecule has 0 saturated heterocycles. The molecular formula is C13H20N4O2. The van der Waals surface area contributed by atoms with Gasteiger partial charge in [-0.3, -0.25) is 0 Å². The van der Waals surface area contributed by atoms with Crippen molar-refractivity contribution in [2.45, 2.75) is 0 Å². The number of amides is 4. The summed E-state index contributed by atoms with van der Waals surface area (Å²) in [5.41, 5.74) is 1.68. The summed E-state index contributed by atoms with van der Waals surface area (Å²) >= 11 is 0. The SMILES string of the molecule is CN(C)C(=O)N(C)C(=O)Nc1ccc(N(C)C)cc1. The fourth-order valence-electron chi connectivity index (χ4n) is 1.44. The molecule has 6 nitrogen and oxygen atoms in total. The summed E-state index contributed by atoms with van der Waals surface area (Å²) in [7, 11) is 8.51. The maximum Gasteiger partial charge on any atom is 0.329 e. The van der Waals surface area contributed by atoms with Gasteiger partial charge in [0.2, 0.25) is 0 Å². The lowest BCUT2D eigenvalue weighted by atomic mass is 10.2. The van der Waals surface area contributed by atoms with Crippen LogP contribution in [0.2, 0.25) is 0 Å². The van der Waals surface area contributed by atoms with Crippen molar-refractivity contribution in [2.75, 3.05) is 45.5 Å². The highest BCUT2D eigenvalue weighted by Crippen LogP contribution is 2.15. The molecule has 1 rings (SSSR count). The zero-order chi connectivity index (χ0) is 14.6. The molecule has 4 amide bonds. The molecule has 6 heteroatoms. The zero-order valence-corrected chi connectivity index (χ0v) is 12.0. The second-order valence-corrected chi connectivity index (χ2v) is 4.61. The number of imide groups is 1. The first-order valence-electron chi connectivity index (χ1n) is 5.86. The quantitative estimate of drug-likeness (QED) is 0.887. The fourth-order valence-corrected chi connectivity index (χ4v) is 1.44. The second-order valence-electron chi connectivity index (χ2n) is 4.61. The largest absolute Gasteiger partial charge is 0.378 e. The number of carbonyl (C=O) groups excluding carboxylic acids is 2. The van der Waals surface area contributed by atoms with E-state index in [2.05, 4.69) is 5.32 Å². The van der Waals surface area contributed by atoms with E-state index in [-0.39, 0.29) is 6.03 Å². The van der Waals surface area contributed by atoms with E-state index < -0.39 is 6.03 Å². The summed E-state index contributed by atoms with van der Waals surface area (Å²) in [6.07, 6.45) is 0. The van der Waals surface area contributed by atoms with Crippen LogP contribution in [0.5, 0.6) is 0 Å². The van der Waals surface area contributed by atoms with Gasteiger partial charge in [-0.05, 0) is 24.3 Å². The number of nitrogens with one attached hydrogen (secondary N) is 1. The van der Waals surface area contributed by atoms with E-state index in [1.807, 2.05) is 31.1 Å². The molecular weight excluding hydrogens is 244 g/mol. The lowest BCUT2D eigenvalue weighted by Crippen LogP contribution is -2.42. The number of benzene rings is 1. The minimum atomic E-state index is -0.462. The van der Waals surface area contributed by atoms with Crippen molar-refractivity contribution < 1.29 is 9.59 Å². The van der Waals surface area contributed by atoms with Crippen molar-refractivity contribution in [1.29, 1.82) is 0 Å². The van der Waals surface area contributed by atoms with Gasteiger partial charge in [-0.1, -0.05) is 0 Å². The number of anilines is 2. The number of rotatable bonds is 2. The van der Waals surface area contributed by atoms with E-state index in [4.69, 9.17) is 0 Å². The predicted octanol–water partition coefficient (Wildman–Crippen LogP) is 1.90. The highest BCUT2D eigenvalue weighted by molar-refractivity contribution is 6.00. The summed E-state index contributed by atoms with van der Waals surface area (Å²) in [4.78, 5) is 27.8. The molecule has 0 fully saturated rings. The fraction of sp³-hybridized carbons (Fsp3) is 0.385. The van der Waals surface area contributed by atoms with Crippen LogP contribution in [0.15, 0.2) is 24.3 Å². The Morgan fingerprint density at radius 3 is 1.89 bits per heavy atom. The predicted molar refractivity (Wildman–Crippen MR) is 76.6 cm³/mol. The molecule has 1 aromatic rings. The molecule has 0 unspecified atom stereocenters. The van der Waals surface area contributed by atoms with Crippen LogP contribution in [-0.2, 0) is 0 Å². The number of urea groups is 2. The minimum Gasteiger partial charge on any atom is -0.378 e. The molecule has 0 heterocycles. The molecule has 0 saturated carbocycles. The standard InChI is InChI=1S/C13H20N4O2/c1-15(2)11-8-6-10(7-9-11)14-12(18)17(5)13(19)16(3)4/h6-9H,1-5H3,(H,14,18). The van der Waals surface area contributed by atoms with Crippen molar-refractivity contribution in [3.05, 3.63) is 24.3 Å². The normalized spacial score (nSPS) is 9.74. The first kappa shape index (κ1) is 14.8. The third kappa shape index (κ3) is 3.87. The summed E-state index contributed by atoms with van der Waals surface area (Å²) in [6, 6.07) is 6.54. The molecule has 0 aromatic heterocycles. The molecule has 19 heavy (non-hydrogen) atoms. The molecule has 0 spiro atoms.